The van der Waals surface area contributed by atoms with Gasteiger partial charge in [-0.2, -0.15) is 0 Å². The smallest absolute Gasteiger partial charge is 0.191 e. The van der Waals surface area contributed by atoms with Crippen molar-refractivity contribution >= 4 is 22.4 Å². The van der Waals surface area contributed by atoms with Crippen molar-refractivity contribution in [3.8, 4) is 5.75 Å². The molecule has 2 aromatic carbocycles. The minimum Gasteiger partial charge on any atom is -0.495 e. The summed E-state index contributed by atoms with van der Waals surface area (Å²) < 4.78 is 17.8. The van der Waals surface area contributed by atoms with Gasteiger partial charge in [-0.25, -0.2) is 0 Å². The summed E-state index contributed by atoms with van der Waals surface area (Å²) >= 11 is 0. The molecule has 1 heterocycles. The van der Waals surface area contributed by atoms with Crippen molar-refractivity contribution in [1.29, 1.82) is 0 Å². The SMILES string of the molecule is CN=C(NCCS(=O)Cc1ccccc1)NC1CCN(c2ccccc2OC)C1. The Kier molecular flexibility index (Phi) is 7.93. The summed E-state index contributed by atoms with van der Waals surface area (Å²) in [5, 5.41) is 6.78. The molecule has 0 aromatic heterocycles. The maximum atomic E-state index is 12.3. The van der Waals surface area contributed by atoms with E-state index in [1.54, 1.807) is 14.2 Å². The van der Waals surface area contributed by atoms with E-state index in [1.807, 2.05) is 48.5 Å². The molecular weight excluding hydrogens is 384 g/mol. The van der Waals surface area contributed by atoms with E-state index in [2.05, 4.69) is 26.6 Å². The summed E-state index contributed by atoms with van der Waals surface area (Å²) in [5.41, 5.74) is 2.23. The van der Waals surface area contributed by atoms with Crippen LogP contribution in [0.15, 0.2) is 59.6 Å². The van der Waals surface area contributed by atoms with Crippen molar-refractivity contribution < 1.29 is 8.95 Å². The van der Waals surface area contributed by atoms with Gasteiger partial charge in [0.2, 0.25) is 0 Å². The highest BCUT2D eigenvalue weighted by atomic mass is 32.2. The average Bonchev–Trinajstić information content (AvgIpc) is 3.22. The molecule has 7 heteroatoms. The summed E-state index contributed by atoms with van der Waals surface area (Å²) in [6.07, 6.45) is 1.03. The van der Waals surface area contributed by atoms with Gasteiger partial charge in [-0.15, -0.1) is 0 Å². The highest BCUT2D eigenvalue weighted by Gasteiger charge is 2.25. The first kappa shape index (κ1) is 21.2. The Labute approximate surface area is 175 Å². The number of nitrogens with one attached hydrogen (secondary N) is 2. The highest BCUT2D eigenvalue weighted by molar-refractivity contribution is 7.84. The minimum absolute atomic E-state index is 0.306. The third-order valence-corrected chi connectivity index (χ3v) is 6.29. The Morgan fingerprint density at radius 1 is 1.21 bits per heavy atom. The number of methoxy groups -OCH3 is 1. The lowest BCUT2D eigenvalue weighted by molar-refractivity contribution is 0.415. The molecule has 29 heavy (non-hydrogen) atoms. The Morgan fingerprint density at radius 3 is 2.72 bits per heavy atom. The van der Waals surface area contributed by atoms with Crippen LogP contribution in [0.5, 0.6) is 5.75 Å². The van der Waals surface area contributed by atoms with E-state index in [0.717, 1.165) is 42.5 Å². The standard InChI is InChI=1S/C22H30N4O2S/c1-23-22(24-13-15-29(27)17-18-8-4-3-5-9-18)25-19-12-14-26(16-19)20-10-6-7-11-21(20)28-2/h3-11,19H,12-17H2,1-2H3,(H2,23,24,25). The zero-order chi connectivity index (χ0) is 20.5. The number of hydrogen-bond acceptors (Lipinski definition) is 4. The van der Waals surface area contributed by atoms with Crippen LogP contribution in [0.4, 0.5) is 5.69 Å². The quantitative estimate of drug-likeness (QED) is 0.513. The molecule has 1 fully saturated rings. The zero-order valence-electron chi connectivity index (χ0n) is 17.1. The molecule has 2 unspecified atom stereocenters. The summed E-state index contributed by atoms with van der Waals surface area (Å²) in [6, 6.07) is 18.4. The lowest BCUT2D eigenvalue weighted by atomic mass is 10.2. The molecule has 2 N–H and O–H groups in total. The lowest BCUT2D eigenvalue weighted by Crippen LogP contribution is -2.45. The second-order valence-corrected chi connectivity index (χ2v) is 8.60. The van der Waals surface area contributed by atoms with Gasteiger partial charge in [0.1, 0.15) is 5.75 Å². The molecule has 0 bridgehead atoms. The van der Waals surface area contributed by atoms with Gasteiger partial charge in [0.05, 0.1) is 12.8 Å². The van der Waals surface area contributed by atoms with Crippen molar-refractivity contribution in [1.82, 2.24) is 10.6 Å². The number of hydrogen-bond donors (Lipinski definition) is 2. The number of benzene rings is 2. The van der Waals surface area contributed by atoms with E-state index in [9.17, 15) is 4.21 Å². The molecule has 1 aliphatic rings. The second-order valence-electron chi connectivity index (χ2n) is 7.02. The predicted molar refractivity (Wildman–Crippen MR) is 121 cm³/mol. The lowest BCUT2D eigenvalue weighted by Gasteiger charge is -2.22. The van der Waals surface area contributed by atoms with Crippen molar-refractivity contribution in [3.05, 3.63) is 60.2 Å². The van der Waals surface area contributed by atoms with Crippen LogP contribution in [-0.2, 0) is 16.6 Å². The number of anilines is 1. The number of rotatable bonds is 8. The Balaban J connectivity index is 1.43. The maximum Gasteiger partial charge on any atom is 0.191 e. The largest absolute Gasteiger partial charge is 0.495 e. The van der Waals surface area contributed by atoms with Crippen LogP contribution in [0.1, 0.15) is 12.0 Å². The van der Waals surface area contributed by atoms with Gasteiger partial charge in [-0.3, -0.25) is 9.20 Å². The Hall–Kier alpha value is -2.54. The van der Waals surface area contributed by atoms with Crippen LogP contribution < -0.4 is 20.3 Å². The molecule has 6 nitrogen and oxygen atoms in total. The molecule has 1 saturated heterocycles. The molecule has 2 aromatic rings. The number of para-hydroxylation sites is 2. The minimum atomic E-state index is -0.895. The number of nitrogens with zero attached hydrogens (tertiary/aromatic N) is 2. The van der Waals surface area contributed by atoms with E-state index in [1.165, 1.54) is 0 Å². The van der Waals surface area contributed by atoms with Gasteiger partial charge in [-0.1, -0.05) is 42.5 Å². The number of ether oxygens (including phenoxy) is 1. The second kappa shape index (κ2) is 10.9. The molecule has 156 valence electrons. The molecular formula is C22H30N4O2S. The van der Waals surface area contributed by atoms with Gasteiger partial charge in [0.15, 0.2) is 5.96 Å². The monoisotopic (exact) mass is 414 g/mol. The first-order chi connectivity index (χ1) is 14.2. The van der Waals surface area contributed by atoms with Crippen LogP contribution in [0.2, 0.25) is 0 Å². The van der Waals surface area contributed by atoms with E-state index < -0.39 is 10.8 Å². The first-order valence-corrected chi connectivity index (χ1v) is 11.4. The predicted octanol–water partition coefficient (Wildman–Crippen LogP) is 2.39. The summed E-state index contributed by atoms with van der Waals surface area (Å²) in [6.45, 7) is 2.49. The first-order valence-electron chi connectivity index (χ1n) is 9.93. The number of guanidine groups is 1. The molecule has 0 saturated carbocycles. The van der Waals surface area contributed by atoms with Crippen LogP contribution >= 0.6 is 0 Å². The fourth-order valence-corrected chi connectivity index (χ4v) is 4.53. The van der Waals surface area contributed by atoms with Gasteiger partial charge >= 0.3 is 0 Å². The molecule has 1 aliphatic heterocycles. The fraction of sp³-hybridized carbons (Fsp3) is 0.409. The summed E-state index contributed by atoms with van der Waals surface area (Å²) in [7, 11) is 2.58. The highest BCUT2D eigenvalue weighted by Crippen LogP contribution is 2.30. The summed E-state index contributed by atoms with van der Waals surface area (Å²) in [5.74, 6) is 2.84. The summed E-state index contributed by atoms with van der Waals surface area (Å²) in [4.78, 5) is 6.65. The van der Waals surface area contributed by atoms with Crippen LogP contribution in [0.3, 0.4) is 0 Å². The molecule has 0 spiro atoms. The number of aliphatic imine (C=N–C) groups is 1. The van der Waals surface area contributed by atoms with E-state index in [0.29, 0.717) is 24.1 Å². The third kappa shape index (κ3) is 6.22. The van der Waals surface area contributed by atoms with Crippen molar-refractivity contribution in [2.45, 2.75) is 18.2 Å². The molecule has 0 amide bonds. The maximum absolute atomic E-state index is 12.3. The third-order valence-electron chi connectivity index (χ3n) is 4.97. The van der Waals surface area contributed by atoms with Crippen LogP contribution in [0, 0.1) is 0 Å². The van der Waals surface area contributed by atoms with E-state index in [-0.39, 0.29) is 0 Å². The van der Waals surface area contributed by atoms with Crippen LogP contribution in [-0.4, -0.2) is 55.8 Å². The fourth-order valence-electron chi connectivity index (χ4n) is 3.49. The van der Waals surface area contributed by atoms with E-state index >= 15 is 0 Å². The average molecular weight is 415 g/mol. The van der Waals surface area contributed by atoms with E-state index in [4.69, 9.17) is 4.74 Å². The van der Waals surface area contributed by atoms with Crippen LogP contribution in [0.25, 0.3) is 0 Å². The molecule has 3 rings (SSSR count). The van der Waals surface area contributed by atoms with Gasteiger partial charge in [-0.05, 0) is 24.1 Å². The molecule has 0 aliphatic carbocycles. The Morgan fingerprint density at radius 2 is 1.97 bits per heavy atom. The van der Waals surface area contributed by atoms with Gasteiger partial charge < -0.3 is 20.3 Å². The van der Waals surface area contributed by atoms with Gasteiger partial charge in [0.25, 0.3) is 0 Å². The normalized spacial score (nSPS) is 17.8. The molecule has 0 radical (unpaired) electrons. The topological polar surface area (TPSA) is 66.0 Å². The Bertz CT molecular complexity index is 829. The van der Waals surface area contributed by atoms with Crippen molar-refractivity contribution in [2.75, 3.05) is 44.4 Å². The zero-order valence-corrected chi connectivity index (χ0v) is 18.0. The molecule has 2 atom stereocenters. The van der Waals surface area contributed by atoms with Crippen molar-refractivity contribution in [2.24, 2.45) is 4.99 Å². The van der Waals surface area contributed by atoms with Crippen molar-refractivity contribution in [3.63, 3.8) is 0 Å². The van der Waals surface area contributed by atoms with Gasteiger partial charge in [0, 0.05) is 55.0 Å².